The highest BCUT2D eigenvalue weighted by Crippen LogP contribution is 2.39. The van der Waals surface area contributed by atoms with Crippen LogP contribution < -0.4 is 4.90 Å². The Labute approximate surface area is 133 Å². The van der Waals surface area contributed by atoms with Crippen molar-refractivity contribution in [1.82, 2.24) is 14.8 Å². The molecule has 2 unspecified atom stereocenters. The van der Waals surface area contributed by atoms with Crippen LogP contribution in [0.2, 0.25) is 0 Å². The highest BCUT2D eigenvalue weighted by atomic mass is 19.1. The molecule has 0 amide bonds. The molecule has 3 aromatic rings. The fourth-order valence-electron chi connectivity index (χ4n) is 3.39. The molecule has 6 heteroatoms. The first-order valence-electron chi connectivity index (χ1n) is 7.60. The molecule has 1 aliphatic heterocycles. The van der Waals surface area contributed by atoms with Gasteiger partial charge in [-0.2, -0.15) is 5.10 Å². The number of halogens is 1. The number of fused-ring (bicyclic) bond motifs is 1. The summed E-state index contributed by atoms with van der Waals surface area (Å²) < 4.78 is 15.3. The van der Waals surface area contributed by atoms with Gasteiger partial charge in [-0.05, 0) is 30.2 Å². The van der Waals surface area contributed by atoms with E-state index in [4.69, 9.17) is 0 Å². The summed E-state index contributed by atoms with van der Waals surface area (Å²) in [5.41, 5.74) is 2.63. The first kappa shape index (κ1) is 14.1. The number of hydrogen-bond acceptors (Lipinski definition) is 4. The molecule has 0 spiro atoms. The molecule has 1 fully saturated rings. The minimum atomic E-state index is -0.442. The van der Waals surface area contributed by atoms with Gasteiger partial charge in [0, 0.05) is 19.8 Å². The molecule has 1 aliphatic rings. The summed E-state index contributed by atoms with van der Waals surface area (Å²) in [6.07, 6.45) is 3.66. The zero-order valence-electron chi connectivity index (χ0n) is 12.7. The molecule has 4 rings (SSSR count). The van der Waals surface area contributed by atoms with Crippen molar-refractivity contribution in [3.63, 3.8) is 0 Å². The quantitative estimate of drug-likeness (QED) is 0.789. The number of aromatic nitrogens is 3. The minimum absolute atomic E-state index is 0.0634. The normalized spacial score (nSPS) is 21.3. The first-order valence-corrected chi connectivity index (χ1v) is 7.60. The molecule has 0 saturated carbocycles. The van der Waals surface area contributed by atoms with Gasteiger partial charge in [0.15, 0.2) is 5.65 Å². The van der Waals surface area contributed by atoms with Gasteiger partial charge in [-0.1, -0.05) is 12.1 Å². The maximum absolute atomic E-state index is 13.6. The Balaban J connectivity index is 1.82. The van der Waals surface area contributed by atoms with Crippen LogP contribution in [0.1, 0.15) is 18.0 Å². The summed E-state index contributed by atoms with van der Waals surface area (Å²) in [6.45, 7) is 0.509. The number of aryl methyl sites for hydroxylation is 1. The number of β-amino-alcohol motifs (C(OH)–C–C–N with tert-alkyl or cyclic N) is 1. The predicted molar refractivity (Wildman–Crippen MR) is 85.6 cm³/mol. The molecule has 23 heavy (non-hydrogen) atoms. The third-order valence-electron chi connectivity index (χ3n) is 4.43. The lowest BCUT2D eigenvalue weighted by atomic mass is 10.0. The van der Waals surface area contributed by atoms with E-state index < -0.39 is 6.10 Å². The Bertz CT molecular complexity index is 863. The molecule has 1 N–H and O–H groups in total. The lowest BCUT2D eigenvalue weighted by Crippen LogP contribution is -2.24. The van der Waals surface area contributed by atoms with Crippen LogP contribution in [-0.4, -0.2) is 32.5 Å². The predicted octanol–water partition coefficient (Wildman–Crippen LogP) is 2.42. The van der Waals surface area contributed by atoms with Gasteiger partial charge < -0.3 is 10.0 Å². The Morgan fingerprint density at radius 1 is 1.30 bits per heavy atom. The van der Waals surface area contributed by atoms with Crippen LogP contribution in [0, 0.1) is 5.82 Å². The topological polar surface area (TPSA) is 54.2 Å². The second-order valence-corrected chi connectivity index (χ2v) is 5.95. The number of aliphatic hydroxyl groups excluding tert-OH is 1. The molecule has 1 aromatic carbocycles. The second kappa shape index (κ2) is 5.31. The number of hydrogen-bond donors (Lipinski definition) is 1. The van der Waals surface area contributed by atoms with Crippen LogP contribution in [0.3, 0.4) is 0 Å². The molecule has 5 nitrogen and oxygen atoms in total. The zero-order valence-corrected chi connectivity index (χ0v) is 12.7. The highest BCUT2D eigenvalue weighted by molar-refractivity contribution is 5.89. The van der Waals surface area contributed by atoms with Gasteiger partial charge in [0.05, 0.1) is 29.4 Å². The highest BCUT2D eigenvalue weighted by Gasteiger charge is 2.33. The molecule has 0 radical (unpaired) electrons. The van der Waals surface area contributed by atoms with E-state index in [-0.39, 0.29) is 11.9 Å². The average molecular weight is 312 g/mol. The summed E-state index contributed by atoms with van der Waals surface area (Å²) in [5, 5.41) is 15.4. The van der Waals surface area contributed by atoms with E-state index in [1.165, 1.54) is 12.1 Å². The zero-order chi connectivity index (χ0) is 16.0. The monoisotopic (exact) mass is 312 g/mol. The van der Waals surface area contributed by atoms with E-state index in [0.717, 1.165) is 22.3 Å². The number of benzene rings is 1. The first-order chi connectivity index (χ1) is 11.1. The van der Waals surface area contributed by atoms with Crippen molar-refractivity contribution < 1.29 is 9.50 Å². The van der Waals surface area contributed by atoms with Crippen molar-refractivity contribution in [3.8, 4) is 0 Å². The van der Waals surface area contributed by atoms with Gasteiger partial charge in [0.25, 0.3) is 0 Å². The largest absolute Gasteiger partial charge is 0.391 e. The number of pyridine rings is 1. The Hall–Kier alpha value is -2.47. The molecule has 118 valence electrons. The van der Waals surface area contributed by atoms with E-state index in [2.05, 4.69) is 15.0 Å². The summed E-state index contributed by atoms with van der Waals surface area (Å²) in [4.78, 5) is 6.47. The van der Waals surface area contributed by atoms with Gasteiger partial charge in [0.1, 0.15) is 5.82 Å². The maximum Gasteiger partial charge on any atom is 0.159 e. The van der Waals surface area contributed by atoms with Gasteiger partial charge in [-0.3, -0.25) is 4.68 Å². The van der Waals surface area contributed by atoms with Crippen LogP contribution in [0.4, 0.5) is 10.1 Å². The standard InChI is InChI=1S/C17H17FN4O/c1-21-17-14(9-20-21)15(5-6-19-17)22-10-13(23)8-16(22)11-3-2-4-12(18)7-11/h2-7,9,13,16,23H,8,10H2,1H3. The summed E-state index contributed by atoms with van der Waals surface area (Å²) in [7, 11) is 1.85. The van der Waals surface area contributed by atoms with E-state index >= 15 is 0 Å². The Kier molecular flexibility index (Phi) is 3.27. The van der Waals surface area contributed by atoms with Crippen LogP contribution >= 0.6 is 0 Å². The summed E-state index contributed by atoms with van der Waals surface area (Å²) >= 11 is 0. The molecule has 3 heterocycles. The lowest BCUT2D eigenvalue weighted by molar-refractivity contribution is 0.194. The van der Waals surface area contributed by atoms with E-state index in [1.807, 2.05) is 19.2 Å². The number of aliphatic hydroxyl groups is 1. The van der Waals surface area contributed by atoms with E-state index in [9.17, 15) is 9.50 Å². The van der Waals surface area contributed by atoms with Crippen LogP contribution in [-0.2, 0) is 7.05 Å². The molecule has 0 aliphatic carbocycles. The van der Waals surface area contributed by atoms with E-state index in [1.54, 1.807) is 23.1 Å². The van der Waals surface area contributed by atoms with E-state index in [0.29, 0.717) is 13.0 Å². The van der Waals surface area contributed by atoms with Gasteiger partial charge in [-0.15, -0.1) is 0 Å². The SMILES string of the molecule is Cn1ncc2c(N3CC(O)CC3c3cccc(F)c3)ccnc21. The molecule has 1 saturated heterocycles. The third kappa shape index (κ3) is 2.35. The molecule has 2 atom stereocenters. The van der Waals surface area contributed by atoms with Crippen LogP contribution in [0.5, 0.6) is 0 Å². The fourth-order valence-corrected chi connectivity index (χ4v) is 3.39. The number of nitrogens with zero attached hydrogens (tertiary/aromatic N) is 4. The van der Waals surface area contributed by atoms with Gasteiger partial charge in [-0.25, -0.2) is 9.37 Å². The van der Waals surface area contributed by atoms with Gasteiger partial charge >= 0.3 is 0 Å². The van der Waals surface area contributed by atoms with Crippen molar-refractivity contribution in [2.45, 2.75) is 18.6 Å². The minimum Gasteiger partial charge on any atom is -0.391 e. The number of anilines is 1. The molecular weight excluding hydrogens is 295 g/mol. The lowest BCUT2D eigenvalue weighted by Gasteiger charge is -2.27. The van der Waals surface area contributed by atoms with Gasteiger partial charge in [0.2, 0.25) is 0 Å². The number of rotatable bonds is 2. The third-order valence-corrected chi connectivity index (χ3v) is 4.43. The molecular formula is C17H17FN4O. The Morgan fingerprint density at radius 2 is 2.17 bits per heavy atom. The van der Waals surface area contributed by atoms with Crippen LogP contribution in [0.25, 0.3) is 11.0 Å². The van der Waals surface area contributed by atoms with Crippen molar-refractivity contribution in [2.75, 3.05) is 11.4 Å². The molecule has 2 aromatic heterocycles. The Morgan fingerprint density at radius 3 is 3.00 bits per heavy atom. The van der Waals surface area contributed by atoms with Crippen molar-refractivity contribution >= 4 is 16.7 Å². The van der Waals surface area contributed by atoms with Crippen molar-refractivity contribution in [1.29, 1.82) is 0 Å². The van der Waals surface area contributed by atoms with Crippen molar-refractivity contribution in [2.24, 2.45) is 7.05 Å². The average Bonchev–Trinajstić information content (AvgIpc) is 3.11. The summed E-state index contributed by atoms with van der Waals surface area (Å²) in [5.74, 6) is -0.259. The molecule has 0 bridgehead atoms. The van der Waals surface area contributed by atoms with Crippen molar-refractivity contribution in [3.05, 3.63) is 54.1 Å². The fraction of sp³-hybridized carbons (Fsp3) is 0.294. The summed E-state index contributed by atoms with van der Waals surface area (Å²) in [6, 6.07) is 8.45. The van der Waals surface area contributed by atoms with Crippen LogP contribution in [0.15, 0.2) is 42.7 Å². The maximum atomic E-state index is 13.6. The smallest absolute Gasteiger partial charge is 0.159 e. The second-order valence-electron chi connectivity index (χ2n) is 5.95.